The number of nitrogens with one attached hydrogen (secondary N) is 1. The highest BCUT2D eigenvalue weighted by atomic mass is 16.5. The predicted octanol–water partition coefficient (Wildman–Crippen LogP) is 22.8. The monoisotopic (exact) mass is 1090 g/mol. The second kappa shape index (κ2) is 67.1. The van der Waals surface area contributed by atoms with Gasteiger partial charge in [-0.1, -0.05) is 353 Å². The van der Waals surface area contributed by atoms with Crippen LogP contribution in [0.15, 0.2) is 12.2 Å². The van der Waals surface area contributed by atoms with Gasteiger partial charge in [-0.2, -0.15) is 0 Å². The molecule has 6 nitrogen and oxygen atoms in total. The van der Waals surface area contributed by atoms with Crippen molar-refractivity contribution in [2.75, 3.05) is 13.2 Å². The van der Waals surface area contributed by atoms with E-state index in [0.717, 1.165) is 44.9 Å². The summed E-state index contributed by atoms with van der Waals surface area (Å²) in [6.45, 7) is 4.99. The Morgan fingerprint density at radius 1 is 0.351 bits per heavy atom. The lowest BCUT2D eigenvalue weighted by Crippen LogP contribution is -2.45. The minimum absolute atomic E-state index is 0.0130. The third kappa shape index (κ3) is 63.6. The molecule has 6 heteroatoms. The van der Waals surface area contributed by atoms with Gasteiger partial charge in [0.2, 0.25) is 5.91 Å². The molecule has 2 unspecified atom stereocenters. The maximum atomic E-state index is 12.5. The van der Waals surface area contributed by atoms with Crippen LogP contribution in [0.4, 0.5) is 0 Å². The summed E-state index contributed by atoms with van der Waals surface area (Å²) >= 11 is 0. The summed E-state index contributed by atoms with van der Waals surface area (Å²) in [6.07, 6.45) is 82.6. The quantitative estimate of drug-likeness (QED) is 0.0320. The molecule has 0 aromatic carbocycles. The molecule has 3 N–H and O–H groups in total. The fourth-order valence-corrected chi connectivity index (χ4v) is 11.4. The Hall–Kier alpha value is -1.40. The number of carbonyl (C=O) groups excluding carboxylic acids is 2. The number of aliphatic hydroxyl groups excluding tert-OH is 2. The Bertz CT molecular complexity index is 1160. The Morgan fingerprint density at radius 3 is 0.922 bits per heavy atom. The topological polar surface area (TPSA) is 95.9 Å². The molecular weight excluding hydrogens is 947 g/mol. The van der Waals surface area contributed by atoms with E-state index in [-0.39, 0.29) is 18.5 Å². The highest BCUT2D eigenvalue weighted by Crippen LogP contribution is 2.19. The highest BCUT2D eigenvalue weighted by molar-refractivity contribution is 5.76. The van der Waals surface area contributed by atoms with Gasteiger partial charge in [-0.05, 0) is 51.4 Å². The Labute approximate surface area is 482 Å². The molecular formula is C71H139NO5. The summed E-state index contributed by atoms with van der Waals surface area (Å²) in [5, 5.41) is 23.3. The molecule has 0 aromatic heterocycles. The van der Waals surface area contributed by atoms with Gasteiger partial charge in [0, 0.05) is 12.8 Å². The van der Waals surface area contributed by atoms with Gasteiger partial charge < -0.3 is 20.3 Å². The van der Waals surface area contributed by atoms with Crippen LogP contribution in [0.2, 0.25) is 0 Å². The second-order valence-electron chi connectivity index (χ2n) is 24.6. The lowest BCUT2D eigenvalue weighted by Gasteiger charge is -2.22. The average molecular weight is 1090 g/mol. The van der Waals surface area contributed by atoms with Crippen molar-refractivity contribution >= 4 is 11.9 Å². The van der Waals surface area contributed by atoms with Crippen LogP contribution in [0.25, 0.3) is 0 Å². The van der Waals surface area contributed by atoms with Crippen LogP contribution in [0.5, 0.6) is 0 Å². The Morgan fingerprint density at radius 2 is 0.610 bits per heavy atom. The van der Waals surface area contributed by atoms with Gasteiger partial charge >= 0.3 is 5.97 Å². The average Bonchev–Trinajstić information content (AvgIpc) is 3.43. The smallest absolute Gasteiger partial charge is 0.305 e. The number of carbonyl (C=O) groups is 2. The van der Waals surface area contributed by atoms with E-state index in [0.29, 0.717) is 25.9 Å². The molecule has 0 aliphatic carbocycles. The van der Waals surface area contributed by atoms with Crippen LogP contribution >= 0.6 is 0 Å². The number of ether oxygens (including phenoxy) is 1. The predicted molar refractivity (Wildman–Crippen MR) is 338 cm³/mol. The van der Waals surface area contributed by atoms with E-state index in [9.17, 15) is 19.8 Å². The van der Waals surface area contributed by atoms with E-state index in [1.165, 1.54) is 327 Å². The molecule has 0 fully saturated rings. The summed E-state index contributed by atoms with van der Waals surface area (Å²) in [7, 11) is 0. The molecule has 0 aliphatic heterocycles. The summed E-state index contributed by atoms with van der Waals surface area (Å²) in [5.74, 6) is -0.0151. The van der Waals surface area contributed by atoms with Crippen LogP contribution < -0.4 is 5.32 Å². The van der Waals surface area contributed by atoms with E-state index >= 15 is 0 Å². The van der Waals surface area contributed by atoms with Gasteiger partial charge in [0.15, 0.2) is 0 Å². The van der Waals surface area contributed by atoms with Gasteiger partial charge in [-0.3, -0.25) is 9.59 Å². The van der Waals surface area contributed by atoms with Gasteiger partial charge in [0.05, 0.1) is 25.4 Å². The second-order valence-corrected chi connectivity index (χ2v) is 24.6. The van der Waals surface area contributed by atoms with Crippen molar-refractivity contribution in [3.05, 3.63) is 12.2 Å². The normalized spacial score (nSPS) is 12.5. The summed E-state index contributed by atoms with van der Waals surface area (Å²) in [6, 6.07) is -0.538. The molecule has 0 saturated carbocycles. The molecule has 2 atom stereocenters. The van der Waals surface area contributed by atoms with E-state index in [1.54, 1.807) is 0 Å². The maximum absolute atomic E-state index is 12.5. The number of esters is 1. The largest absolute Gasteiger partial charge is 0.466 e. The standard InChI is InChI=1S/C71H139NO5/c1-3-5-7-9-11-13-15-17-19-37-41-45-49-53-57-61-65-71(76)77-66-62-58-54-50-46-42-38-34-32-30-28-26-24-22-20-21-23-25-27-29-31-33-36-40-44-48-52-56-60-64-70(75)72-68(67-73)69(74)63-59-55-51-47-43-39-35-18-16-14-12-10-8-6-4-2/h19,37,68-69,73-74H,3-18,20-36,38-67H2,1-2H3,(H,72,75)/b37-19-. The van der Waals surface area contributed by atoms with Crippen LogP contribution in [-0.2, 0) is 14.3 Å². The summed E-state index contributed by atoms with van der Waals surface area (Å²) in [4.78, 5) is 24.6. The van der Waals surface area contributed by atoms with Crippen molar-refractivity contribution < 1.29 is 24.5 Å². The van der Waals surface area contributed by atoms with Gasteiger partial charge in [-0.25, -0.2) is 0 Å². The number of amides is 1. The number of rotatable bonds is 67. The van der Waals surface area contributed by atoms with E-state index in [2.05, 4.69) is 31.3 Å². The van der Waals surface area contributed by atoms with E-state index in [4.69, 9.17) is 4.74 Å². The minimum Gasteiger partial charge on any atom is -0.466 e. The zero-order valence-electron chi connectivity index (χ0n) is 52.5. The van der Waals surface area contributed by atoms with Crippen molar-refractivity contribution in [2.45, 2.75) is 418 Å². The van der Waals surface area contributed by atoms with Gasteiger partial charge in [-0.15, -0.1) is 0 Å². The molecule has 0 saturated heterocycles. The maximum Gasteiger partial charge on any atom is 0.305 e. The molecule has 0 rings (SSSR count). The summed E-state index contributed by atoms with van der Waals surface area (Å²) < 4.78 is 5.50. The Balaban J connectivity index is 3.32. The molecule has 0 heterocycles. The van der Waals surface area contributed by atoms with Crippen molar-refractivity contribution in [1.82, 2.24) is 5.32 Å². The number of unbranched alkanes of at least 4 members (excludes halogenated alkanes) is 54. The Kier molecular flexibility index (Phi) is 65.9. The van der Waals surface area contributed by atoms with Gasteiger partial charge in [0.1, 0.15) is 0 Å². The van der Waals surface area contributed by atoms with Crippen LogP contribution in [-0.4, -0.2) is 47.4 Å². The van der Waals surface area contributed by atoms with Crippen LogP contribution in [0.3, 0.4) is 0 Å². The minimum atomic E-state index is -0.661. The molecule has 458 valence electrons. The molecule has 0 aliphatic rings. The first kappa shape index (κ1) is 75.6. The van der Waals surface area contributed by atoms with E-state index < -0.39 is 12.1 Å². The molecule has 0 spiro atoms. The third-order valence-corrected chi connectivity index (χ3v) is 16.8. The van der Waals surface area contributed by atoms with Crippen molar-refractivity contribution in [1.29, 1.82) is 0 Å². The molecule has 77 heavy (non-hydrogen) atoms. The number of allylic oxidation sites excluding steroid dienone is 2. The van der Waals surface area contributed by atoms with Crippen molar-refractivity contribution in [3.8, 4) is 0 Å². The fourth-order valence-electron chi connectivity index (χ4n) is 11.4. The molecule has 0 radical (unpaired) electrons. The first-order valence-corrected chi connectivity index (χ1v) is 35.4. The van der Waals surface area contributed by atoms with Crippen molar-refractivity contribution in [3.63, 3.8) is 0 Å². The fraction of sp³-hybridized carbons (Fsp3) is 0.944. The van der Waals surface area contributed by atoms with Crippen molar-refractivity contribution in [2.24, 2.45) is 0 Å². The zero-order valence-corrected chi connectivity index (χ0v) is 52.5. The van der Waals surface area contributed by atoms with Crippen LogP contribution in [0.1, 0.15) is 406 Å². The SMILES string of the molecule is CCCCCCCCC/C=C\CCCCCCCC(=O)OCCCCCCCCCCCCCCCCCCCCCCCCCCCCCCCC(=O)NC(CO)C(O)CCCCCCCCCCCCCCCCC. The molecule has 1 amide bonds. The first-order valence-electron chi connectivity index (χ1n) is 35.4. The summed E-state index contributed by atoms with van der Waals surface area (Å²) in [5.41, 5.74) is 0. The lowest BCUT2D eigenvalue weighted by molar-refractivity contribution is -0.143. The lowest BCUT2D eigenvalue weighted by atomic mass is 10.0. The number of aliphatic hydroxyl groups is 2. The third-order valence-electron chi connectivity index (χ3n) is 16.8. The number of hydrogen-bond donors (Lipinski definition) is 3. The van der Waals surface area contributed by atoms with Crippen LogP contribution in [0, 0.1) is 0 Å². The zero-order chi connectivity index (χ0) is 55.7. The molecule has 0 bridgehead atoms. The first-order chi connectivity index (χ1) is 38.0. The molecule has 0 aromatic rings. The highest BCUT2D eigenvalue weighted by Gasteiger charge is 2.20. The number of hydrogen-bond acceptors (Lipinski definition) is 5. The van der Waals surface area contributed by atoms with E-state index in [1.807, 2.05) is 0 Å². The van der Waals surface area contributed by atoms with Gasteiger partial charge in [0.25, 0.3) is 0 Å².